The molecule has 0 bridgehead atoms. The average Bonchev–Trinajstić information content (AvgIpc) is 2.91. The first-order chi connectivity index (χ1) is 14.1. The van der Waals surface area contributed by atoms with E-state index in [2.05, 4.69) is 29.8 Å². The number of aromatic nitrogens is 2. The minimum Gasteiger partial charge on any atom is -0.360 e. The fraction of sp³-hybridized carbons (Fsp3) is 0.391. The zero-order valence-electron chi connectivity index (χ0n) is 18.1. The Labute approximate surface area is 183 Å². The first kappa shape index (κ1) is 22.6. The molecule has 0 amide bonds. The molecular formula is C23H27ClFN3OS. The highest BCUT2D eigenvalue weighted by Crippen LogP contribution is 2.35. The number of hydrogen-bond acceptors (Lipinski definition) is 3. The summed E-state index contributed by atoms with van der Waals surface area (Å²) in [6.07, 6.45) is 7.06. The Morgan fingerprint density at radius 1 is 1.27 bits per heavy atom. The zero-order chi connectivity index (χ0) is 22.1. The first-order valence-corrected chi connectivity index (χ1v) is 13.1. The summed E-state index contributed by atoms with van der Waals surface area (Å²) in [7, 11) is -0.643. The molecule has 0 N–H and O–H groups in total. The number of pyridine rings is 1. The minimum absolute atomic E-state index is 0.299. The summed E-state index contributed by atoms with van der Waals surface area (Å²) in [5, 5.41) is 10.8. The molecule has 1 aromatic carbocycles. The summed E-state index contributed by atoms with van der Waals surface area (Å²) in [5.41, 5.74) is 4.15. The number of fused-ring (bicyclic) bond motifs is 1. The maximum Gasteiger partial charge on any atom is 0.129 e. The predicted molar refractivity (Wildman–Crippen MR) is 124 cm³/mol. The first-order valence-electron chi connectivity index (χ1n) is 9.68. The number of hydrogen-bond donors (Lipinski definition) is 0. The van der Waals surface area contributed by atoms with Crippen LogP contribution in [0.4, 0.5) is 4.39 Å². The van der Waals surface area contributed by atoms with Crippen molar-refractivity contribution in [3.63, 3.8) is 0 Å². The van der Waals surface area contributed by atoms with Gasteiger partial charge in [-0.25, -0.2) is 19.4 Å². The lowest BCUT2D eigenvalue weighted by molar-refractivity contribution is 0.0914. The Hall–Kier alpha value is -2.07. The summed E-state index contributed by atoms with van der Waals surface area (Å²) < 4.78 is 23.0. The van der Waals surface area contributed by atoms with Crippen molar-refractivity contribution in [1.29, 1.82) is 5.26 Å². The second-order valence-corrected chi connectivity index (χ2v) is 13.3. The van der Waals surface area contributed by atoms with Crippen LogP contribution >= 0.6 is 21.6 Å². The van der Waals surface area contributed by atoms with Crippen LogP contribution in [-0.2, 0) is 17.9 Å². The highest BCUT2D eigenvalue weighted by Gasteiger charge is 2.22. The molecule has 0 spiro atoms. The third kappa shape index (κ3) is 4.80. The molecule has 2 aromatic heterocycles. The molecule has 0 aliphatic carbocycles. The van der Waals surface area contributed by atoms with Crippen LogP contribution in [0.1, 0.15) is 28.1 Å². The Bertz CT molecular complexity index is 1130. The molecule has 0 aliphatic heterocycles. The van der Waals surface area contributed by atoms with Crippen molar-refractivity contribution in [2.24, 2.45) is 0 Å². The van der Waals surface area contributed by atoms with E-state index in [-0.39, 0.29) is 0 Å². The Morgan fingerprint density at radius 3 is 2.63 bits per heavy atom. The molecule has 7 heteroatoms. The Kier molecular flexibility index (Phi) is 6.76. The van der Waals surface area contributed by atoms with E-state index in [1.165, 1.54) is 6.07 Å². The maximum absolute atomic E-state index is 15.1. The van der Waals surface area contributed by atoms with Gasteiger partial charge in [-0.05, 0) is 56.4 Å². The van der Waals surface area contributed by atoms with Crippen molar-refractivity contribution in [3.05, 3.63) is 63.3 Å². The van der Waals surface area contributed by atoms with Gasteiger partial charge in [0.2, 0.25) is 0 Å². The van der Waals surface area contributed by atoms with Crippen LogP contribution in [0.5, 0.6) is 0 Å². The summed E-state index contributed by atoms with van der Waals surface area (Å²) in [4.78, 5) is 4.31. The van der Waals surface area contributed by atoms with Gasteiger partial charge in [0, 0.05) is 34.5 Å². The van der Waals surface area contributed by atoms with Gasteiger partial charge < -0.3 is 9.30 Å². The van der Waals surface area contributed by atoms with Gasteiger partial charge in [-0.1, -0.05) is 17.7 Å². The van der Waals surface area contributed by atoms with Crippen LogP contribution < -0.4 is 0 Å². The van der Waals surface area contributed by atoms with Crippen LogP contribution in [0.2, 0.25) is 5.15 Å². The molecule has 2 heterocycles. The third-order valence-electron chi connectivity index (χ3n) is 5.26. The molecule has 160 valence electrons. The molecule has 3 aromatic rings. The SMILES string of the molecule is Cc1c(C)n(COCCS(C)(C)C)c2c(C#N)cc(F)c(Cc3cccc(Cl)n3)c12. The molecular weight excluding hydrogens is 421 g/mol. The lowest BCUT2D eigenvalue weighted by Gasteiger charge is -2.24. The van der Waals surface area contributed by atoms with E-state index < -0.39 is 15.8 Å². The molecule has 0 fully saturated rings. The maximum atomic E-state index is 15.1. The van der Waals surface area contributed by atoms with E-state index in [4.69, 9.17) is 16.3 Å². The standard InChI is InChI=1S/C23H27ClFN3OS/c1-15-16(2)28(14-29-9-10-30(3,4)5)23-17(13-26)11-20(25)19(22(15)23)12-18-7-6-8-21(24)27-18/h6-8,11H,9-10,12,14H2,1-5H3. The van der Waals surface area contributed by atoms with E-state index in [9.17, 15) is 5.26 Å². The van der Waals surface area contributed by atoms with Gasteiger partial charge in [0.15, 0.2) is 0 Å². The van der Waals surface area contributed by atoms with E-state index in [1.807, 2.05) is 24.5 Å². The average molecular weight is 448 g/mol. The topological polar surface area (TPSA) is 50.8 Å². The molecule has 0 unspecified atom stereocenters. The van der Waals surface area contributed by atoms with Crippen LogP contribution in [0.3, 0.4) is 0 Å². The molecule has 4 nitrogen and oxygen atoms in total. The number of ether oxygens (including phenoxy) is 1. The van der Waals surface area contributed by atoms with Crippen molar-refractivity contribution in [1.82, 2.24) is 9.55 Å². The van der Waals surface area contributed by atoms with Crippen molar-refractivity contribution in [2.75, 3.05) is 31.1 Å². The lowest BCUT2D eigenvalue weighted by Crippen LogP contribution is -2.11. The monoisotopic (exact) mass is 447 g/mol. The second kappa shape index (κ2) is 8.97. The summed E-state index contributed by atoms with van der Waals surface area (Å²) in [6, 6.07) is 8.80. The lowest BCUT2D eigenvalue weighted by atomic mass is 9.98. The number of halogens is 2. The Balaban J connectivity index is 2.07. The fourth-order valence-corrected chi connectivity index (χ4v) is 4.33. The van der Waals surface area contributed by atoms with Gasteiger partial charge in [0.1, 0.15) is 23.8 Å². The van der Waals surface area contributed by atoms with E-state index in [1.54, 1.807) is 12.1 Å². The van der Waals surface area contributed by atoms with Gasteiger partial charge in [-0.2, -0.15) is 5.26 Å². The van der Waals surface area contributed by atoms with Crippen molar-refractivity contribution in [3.8, 4) is 6.07 Å². The van der Waals surface area contributed by atoms with Crippen LogP contribution in [0.15, 0.2) is 24.3 Å². The number of benzene rings is 1. The predicted octanol–water partition coefficient (Wildman–Crippen LogP) is 5.58. The van der Waals surface area contributed by atoms with E-state index in [0.717, 1.165) is 22.4 Å². The summed E-state index contributed by atoms with van der Waals surface area (Å²) >= 11 is 6.01. The van der Waals surface area contributed by atoms with Crippen molar-refractivity contribution >= 4 is 32.5 Å². The van der Waals surface area contributed by atoms with E-state index in [0.29, 0.717) is 47.2 Å². The van der Waals surface area contributed by atoms with Gasteiger partial charge in [0.25, 0.3) is 0 Å². The molecule has 0 saturated heterocycles. The minimum atomic E-state index is -0.643. The van der Waals surface area contributed by atoms with Gasteiger partial charge in [0.05, 0.1) is 17.7 Å². The quantitative estimate of drug-likeness (QED) is 0.351. The molecule has 0 atom stereocenters. The number of nitriles is 1. The third-order valence-corrected chi connectivity index (χ3v) is 6.86. The van der Waals surface area contributed by atoms with Gasteiger partial charge >= 0.3 is 0 Å². The molecule has 3 rings (SSSR count). The van der Waals surface area contributed by atoms with Crippen LogP contribution in [0.25, 0.3) is 10.9 Å². The second-order valence-electron chi connectivity index (χ2n) is 8.32. The molecule has 0 radical (unpaired) electrons. The zero-order valence-corrected chi connectivity index (χ0v) is 19.6. The number of rotatable bonds is 7. The van der Waals surface area contributed by atoms with E-state index >= 15 is 4.39 Å². The smallest absolute Gasteiger partial charge is 0.129 e. The fourth-order valence-electron chi connectivity index (χ4n) is 3.53. The largest absolute Gasteiger partial charge is 0.360 e. The van der Waals surface area contributed by atoms with Crippen LogP contribution in [0, 0.1) is 31.0 Å². The Morgan fingerprint density at radius 2 is 2.00 bits per heavy atom. The number of aryl methyl sites for hydroxylation is 1. The molecule has 0 aliphatic rings. The van der Waals surface area contributed by atoms with Crippen LogP contribution in [-0.4, -0.2) is 40.7 Å². The summed E-state index contributed by atoms with van der Waals surface area (Å²) in [5.74, 6) is 0.605. The van der Waals surface area contributed by atoms with Crippen molar-refractivity contribution in [2.45, 2.75) is 27.0 Å². The van der Waals surface area contributed by atoms with Gasteiger partial charge in [-0.15, -0.1) is 0 Å². The highest BCUT2D eigenvalue weighted by atomic mass is 35.5. The number of nitrogens with zero attached hydrogens (tertiary/aromatic N) is 3. The normalized spacial score (nSPS) is 12.3. The van der Waals surface area contributed by atoms with Crippen molar-refractivity contribution < 1.29 is 9.13 Å². The van der Waals surface area contributed by atoms with Gasteiger partial charge in [-0.3, -0.25) is 0 Å². The summed E-state index contributed by atoms with van der Waals surface area (Å²) in [6.45, 7) is 4.93. The molecule has 30 heavy (non-hydrogen) atoms. The highest BCUT2D eigenvalue weighted by molar-refractivity contribution is 8.32. The molecule has 0 saturated carbocycles.